The average molecular weight is 257 g/mol. The Bertz CT molecular complexity index is 486. The lowest BCUT2D eigenvalue weighted by atomic mass is 10.2. The molecule has 0 amide bonds. The maximum absolute atomic E-state index is 4.20. The maximum atomic E-state index is 4.20. The zero-order valence-electron chi connectivity index (χ0n) is 11.1. The Labute approximate surface area is 113 Å². The smallest absolute Gasteiger partial charge is 0.131 e. The first-order chi connectivity index (χ1) is 9.38. The normalized spacial score (nSPS) is 10.2. The highest BCUT2D eigenvalue weighted by Gasteiger charge is 1.98. The lowest BCUT2D eigenvalue weighted by molar-refractivity contribution is 0.821. The van der Waals surface area contributed by atoms with E-state index >= 15 is 0 Å². The number of anilines is 2. The van der Waals surface area contributed by atoms with E-state index in [4.69, 9.17) is 0 Å². The molecule has 0 unspecified atom stereocenters. The van der Waals surface area contributed by atoms with Crippen molar-refractivity contribution >= 4 is 11.6 Å². The molecule has 100 valence electrons. The SMILES string of the molecule is CNCCNc1cc(NCc2ccccc2)ncn1. The molecule has 0 saturated heterocycles. The van der Waals surface area contributed by atoms with Gasteiger partial charge in [0, 0.05) is 25.7 Å². The molecule has 5 nitrogen and oxygen atoms in total. The van der Waals surface area contributed by atoms with Gasteiger partial charge in [-0.3, -0.25) is 0 Å². The van der Waals surface area contributed by atoms with E-state index in [1.807, 2.05) is 31.3 Å². The fourth-order valence-electron chi connectivity index (χ4n) is 1.65. The summed E-state index contributed by atoms with van der Waals surface area (Å²) >= 11 is 0. The molecule has 2 aromatic rings. The minimum Gasteiger partial charge on any atom is -0.369 e. The van der Waals surface area contributed by atoms with Crippen molar-refractivity contribution in [1.82, 2.24) is 15.3 Å². The number of nitrogens with one attached hydrogen (secondary N) is 3. The topological polar surface area (TPSA) is 61.9 Å². The summed E-state index contributed by atoms with van der Waals surface area (Å²) in [6, 6.07) is 12.2. The fraction of sp³-hybridized carbons (Fsp3) is 0.286. The predicted molar refractivity (Wildman–Crippen MR) is 78.2 cm³/mol. The summed E-state index contributed by atoms with van der Waals surface area (Å²) in [5.41, 5.74) is 1.23. The van der Waals surface area contributed by atoms with E-state index in [1.165, 1.54) is 5.56 Å². The van der Waals surface area contributed by atoms with E-state index in [0.29, 0.717) is 0 Å². The Morgan fingerprint density at radius 3 is 2.42 bits per heavy atom. The molecule has 1 aromatic heterocycles. The summed E-state index contributed by atoms with van der Waals surface area (Å²) in [6.07, 6.45) is 1.56. The quantitative estimate of drug-likeness (QED) is 0.659. The van der Waals surface area contributed by atoms with Crippen LogP contribution in [0.1, 0.15) is 5.56 Å². The van der Waals surface area contributed by atoms with Crippen molar-refractivity contribution in [2.75, 3.05) is 30.8 Å². The number of rotatable bonds is 7. The highest BCUT2D eigenvalue weighted by atomic mass is 15.1. The molecule has 3 N–H and O–H groups in total. The molecule has 0 fully saturated rings. The van der Waals surface area contributed by atoms with E-state index in [-0.39, 0.29) is 0 Å². The largest absolute Gasteiger partial charge is 0.369 e. The Morgan fingerprint density at radius 2 is 1.68 bits per heavy atom. The number of hydrogen-bond acceptors (Lipinski definition) is 5. The van der Waals surface area contributed by atoms with Gasteiger partial charge < -0.3 is 16.0 Å². The highest BCUT2D eigenvalue weighted by molar-refractivity contribution is 5.46. The average Bonchev–Trinajstić information content (AvgIpc) is 2.47. The van der Waals surface area contributed by atoms with E-state index in [1.54, 1.807) is 6.33 Å². The first-order valence-electron chi connectivity index (χ1n) is 6.37. The predicted octanol–water partition coefficient (Wildman–Crippen LogP) is 1.72. The zero-order chi connectivity index (χ0) is 13.3. The van der Waals surface area contributed by atoms with Crippen molar-refractivity contribution in [3.05, 3.63) is 48.3 Å². The monoisotopic (exact) mass is 257 g/mol. The molecule has 0 aliphatic rings. The molecule has 0 saturated carbocycles. The lowest BCUT2D eigenvalue weighted by Gasteiger charge is -2.08. The molecule has 0 aliphatic carbocycles. The van der Waals surface area contributed by atoms with E-state index in [9.17, 15) is 0 Å². The van der Waals surface area contributed by atoms with Crippen LogP contribution in [0, 0.1) is 0 Å². The molecule has 0 bridgehead atoms. The minimum absolute atomic E-state index is 0.758. The first kappa shape index (κ1) is 13.3. The van der Waals surface area contributed by atoms with Gasteiger partial charge >= 0.3 is 0 Å². The molecule has 5 heteroatoms. The lowest BCUT2D eigenvalue weighted by Crippen LogP contribution is -2.18. The standard InChI is InChI=1S/C14H19N5/c1-15-7-8-16-13-9-14(19-11-18-13)17-10-12-5-3-2-4-6-12/h2-6,9,11,15H,7-8,10H2,1H3,(H2,16,17,18,19). The van der Waals surface area contributed by atoms with Crippen LogP contribution in [0.2, 0.25) is 0 Å². The van der Waals surface area contributed by atoms with Gasteiger partial charge in [-0.05, 0) is 12.6 Å². The number of nitrogens with zero attached hydrogens (tertiary/aromatic N) is 2. The zero-order valence-corrected chi connectivity index (χ0v) is 11.1. The summed E-state index contributed by atoms with van der Waals surface area (Å²) in [5, 5.41) is 9.59. The summed E-state index contributed by atoms with van der Waals surface area (Å²) in [4.78, 5) is 8.38. The van der Waals surface area contributed by atoms with Crippen LogP contribution >= 0.6 is 0 Å². The Kier molecular flexibility index (Phi) is 5.13. The third-order valence-electron chi connectivity index (χ3n) is 2.66. The molecule has 1 heterocycles. The van der Waals surface area contributed by atoms with E-state index < -0.39 is 0 Å². The molecular weight excluding hydrogens is 238 g/mol. The summed E-state index contributed by atoms with van der Waals surface area (Å²) in [7, 11) is 1.93. The van der Waals surface area contributed by atoms with Crippen LogP contribution < -0.4 is 16.0 Å². The van der Waals surface area contributed by atoms with E-state index in [0.717, 1.165) is 31.3 Å². The third kappa shape index (κ3) is 4.56. The molecule has 19 heavy (non-hydrogen) atoms. The molecule has 0 spiro atoms. The van der Waals surface area contributed by atoms with Gasteiger partial charge in [0.1, 0.15) is 18.0 Å². The van der Waals surface area contributed by atoms with Crippen molar-refractivity contribution < 1.29 is 0 Å². The fourth-order valence-corrected chi connectivity index (χ4v) is 1.65. The van der Waals surface area contributed by atoms with E-state index in [2.05, 4.69) is 38.1 Å². The Balaban J connectivity index is 1.88. The molecule has 1 aromatic carbocycles. The van der Waals surface area contributed by atoms with Crippen molar-refractivity contribution in [1.29, 1.82) is 0 Å². The number of benzene rings is 1. The Hall–Kier alpha value is -2.14. The van der Waals surface area contributed by atoms with Gasteiger partial charge in [0.25, 0.3) is 0 Å². The molecule has 2 rings (SSSR count). The van der Waals surface area contributed by atoms with Gasteiger partial charge in [0.15, 0.2) is 0 Å². The molecule has 0 radical (unpaired) electrons. The second-order valence-corrected chi connectivity index (χ2v) is 4.16. The van der Waals surface area contributed by atoms with Gasteiger partial charge in [0.05, 0.1) is 0 Å². The van der Waals surface area contributed by atoms with Gasteiger partial charge in [0.2, 0.25) is 0 Å². The van der Waals surface area contributed by atoms with Gasteiger partial charge in [-0.1, -0.05) is 30.3 Å². The van der Waals surface area contributed by atoms with Crippen LogP contribution in [0.25, 0.3) is 0 Å². The van der Waals surface area contributed by atoms with Crippen molar-refractivity contribution in [3.63, 3.8) is 0 Å². The van der Waals surface area contributed by atoms with Gasteiger partial charge in [-0.15, -0.1) is 0 Å². The van der Waals surface area contributed by atoms with Crippen LogP contribution in [0.4, 0.5) is 11.6 Å². The highest BCUT2D eigenvalue weighted by Crippen LogP contribution is 2.09. The van der Waals surface area contributed by atoms with Crippen molar-refractivity contribution in [2.24, 2.45) is 0 Å². The van der Waals surface area contributed by atoms with Crippen LogP contribution in [0.3, 0.4) is 0 Å². The van der Waals surface area contributed by atoms with Crippen LogP contribution in [-0.4, -0.2) is 30.1 Å². The van der Waals surface area contributed by atoms with Gasteiger partial charge in [-0.2, -0.15) is 0 Å². The molecule has 0 atom stereocenters. The van der Waals surface area contributed by atoms with Crippen LogP contribution in [0.5, 0.6) is 0 Å². The summed E-state index contributed by atoms with van der Waals surface area (Å²) in [6.45, 7) is 2.50. The Morgan fingerprint density at radius 1 is 0.947 bits per heavy atom. The molecular formula is C14H19N5. The van der Waals surface area contributed by atoms with Gasteiger partial charge in [-0.25, -0.2) is 9.97 Å². The third-order valence-corrected chi connectivity index (χ3v) is 2.66. The minimum atomic E-state index is 0.758. The maximum Gasteiger partial charge on any atom is 0.131 e. The summed E-state index contributed by atoms with van der Waals surface area (Å²) < 4.78 is 0. The number of aromatic nitrogens is 2. The second kappa shape index (κ2) is 7.33. The number of likely N-dealkylation sites (N-methyl/N-ethyl adjacent to an activating group) is 1. The summed E-state index contributed by atoms with van der Waals surface area (Å²) in [5.74, 6) is 1.66. The number of hydrogen-bond donors (Lipinski definition) is 3. The first-order valence-corrected chi connectivity index (χ1v) is 6.37. The molecule has 0 aliphatic heterocycles. The van der Waals surface area contributed by atoms with Crippen LogP contribution in [-0.2, 0) is 6.54 Å². The van der Waals surface area contributed by atoms with Crippen LogP contribution in [0.15, 0.2) is 42.7 Å². The van der Waals surface area contributed by atoms with Crippen molar-refractivity contribution in [2.45, 2.75) is 6.54 Å². The second-order valence-electron chi connectivity index (χ2n) is 4.16. The van der Waals surface area contributed by atoms with Crippen molar-refractivity contribution in [3.8, 4) is 0 Å².